The Morgan fingerprint density at radius 2 is 2.07 bits per heavy atom. The normalized spacial score (nSPS) is 15.5. The molecular formula is C22H28N4O4. The average Bonchev–Trinajstić information content (AvgIpc) is 3.25. The molecule has 1 aliphatic carbocycles. The summed E-state index contributed by atoms with van der Waals surface area (Å²) in [6.07, 6.45) is 10.1. The summed E-state index contributed by atoms with van der Waals surface area (Å²) in [5, 5.41) is 5.76. The van der Waals surface area contributed by atoms with E-state index in [-0.39, 0.29) is 17.7 Å². The predicted octanol–water partition coefficient (Wildman–Crippen LogP) is 3.15. The van der Waals surface area contributed by atoms with Gasteiger partial charge in [0, 0.05) is 24.2 Å². The predicted molar refractivity (Wildman–Crippen MR) is 114 cm³/mol. The van der Waals surface area contributed by atoms with E-state index in [4.69, 9.17) is 9.47 Å². The SMILES string of the molecule is CCn1cnc(CNC(=O)c2cc(NC(=O)C3CC=CCC3)c(OC)c(OC)c2)c1. The molecule has 1 aliphatic rings. The molecule has 8 nitrogen and oxygen atoms in total. The van der Waals surface area contributed by atoms with Gasteiger partial charge >= 0.3 is 0 Å². The number of aryl methyl sites for hydroxylation is 1. The largest absolute Gasteiger partial charge is 0.493 e. The lowest BCUT2D eigenvalue weighted by Gasteiger charge is -2.20. The molecule has 0 saturated carbocycles. The van der Waals surface area contributed by atoms with Crippen LogP contribution in [0.25, 0.3) is 0 Å². The van der Waals surface area contributed by atoms with Crippen molar-refractivity contribution in [2.24, 2.45) is 5.92 Å². The minimum absolute atomic E-state index is 0.0950. The summed E-state index contributed by atoms with van der Waals surface area (Å²) in [5.41, 5.74) is 1.54. The molecule has 2 N–H and O–H groups in total. The second kappa shape index (κ2) is 9.96. The number of benzene rings is 1. The first-order valence-electron chi connectivity index (χ1n) is 10.1. The zero-order valence-electron chi connectivity index (χ0n) is 17.6. The van der Waals surface area contributed by atoms with Gasteiger partial charge < -0.3 is 24.7 Å². The standard InChI is InChI=1S/C22H28N4O4/c1-4-26-13-17(24-14-26)12-23-21(27)16-10-18(20(30-3)19(11-16)29-2)25-22(28)15-8-6-5-7-9-15/h5-6,10-11,13-15H,4,7-9,12H2,1-3H3,(H,23,27)(H,25,28). The average molecular weight is 412 g/mol. The summed E-state index contributed by atoms with van der Waals surface area (Å²) in [6, 6.07) is 3.20. The van der Waals surface area contributed by atoms with Crippen LogP contribution >= 0.6 is 0 Å². The molecule has 0 bridgehead atoms. The number of amides is 2. The van der Waals surface area contributed by atoms with Crippen molar-refractivity contribution < 1.29 is 19.1 Å². The molecule has 2 aromatic rings. The van der Waals surface area contributed by atoms with E-state index in [1.807, 2.05) is 23.8 Å². The van der Waals surface area contributed by atoms with Crippen LogP contribution in [0, 0.1) is 5.92 Å². The summed E-state index contributed by atoms with van der Waals surface area (Å²) >= 11 is 0. The number of hydrogen-bond donors (Lipinski definition) is 2. The summed E-state index contributed by atoms with van der Waals surface area (Å²) in [4.78, 5) is 29.7. The summed E-state index contributed by atoms with van der Waals surface area (Å²) in [5.74, 6) is 0.270. The van der Waals surface area contributed by atoms with E-state index < -0.39 is 0 Å². The van der Waals surface area contributed by atoms with Gasteiger partial charge in [0.15, 0.2) is 11.5 Å². The number of hydrogen-bond acceptors (Lipinski definition) is 5. The van der Waals surface area contributed by atoms with Gasteiger partial charge in [0.25, 0.3) is 5.91 Å². The molecule has 1 heterocycles. The maximum atomic E-state index is 12.7. The first kappa shape index (κ1) is 21.4. The van der Waals surface area contributed by atoms with E-state index in [0.717, 1.165) is 25.1 Å². The van der Waals surface area contributed by atoms with Crippen LogP contribution in [0.3, 0.4) is 0 Å². The highest BCUT2D eigenvalue weighted by molar-refractivity contribution is 6.00. The Bertz CT molecular complexity index is 935. The smallest absolute Gasteiger partial charge is 0.251 e. The Labute approximate surface area is 176 Å². The van der Waals surface area contributed by atoms with Crippen LogP contribution in [0.2, 0.25) is 0 Å². The van der Waals surface area contributed by atoms with Crippen molar-refractivity contribution in [2.75, 3.05) is 19.5 Å². The molecule has 0 aliphatic heterocycles. The van der Waals surface area contributed by atoms with Crippen molar-refractivity contribution >= 4 is 17.5 Å². The minimum atomic E-state index is -0.293. The van der Waals surface area contributed by atoms with Crippen LogP contribution in [-0.4, -0.2) is 35.6 Å². The first-order chi connectivity index (χ1) is 14.5. The van der Waals surface area contributed by atoms with Crippen molar-refractivity contribution in [1.82, 2.24) is 14.9 Å². The number of imidazole rings is 1. The Morgan fingerprint density at radius 1 is 1.23 bits per heavy atom. The molecule has 1 atom stereocenters. The molecule has 1 unspecified atom stereocenters. The number of nitrogens with one attached hydrogen (secondary N) is 2. The zero-order chi connectivity index (χ0) is 21.5. The lowest BCUT2D eigenvalue weighted by molar-refractivity contribution is -0.120. The number of nitrogens with zero attached hydrogens (tertiary/aromatic N) is 2. The summed E-state index contributed by atoms with van der Waals surface area (Å²) in [7, 11) is 3.00. The molecule has 30 heavy (non-hydrogen) atoms. The van der Waals surface area contributed by atoms with Gasteiger partial charge in [-0.1, -0.05) is 12.2 Å². The highest BCUT2D eigenvalue weighted by Gasteiger charge is 2.23. The van der Waals surface area contributed by atoms with E-state index in [1.165, 1.54) is 14.2 Å². The van der Waals surface area contributed by atoms with Gasteiger partial charge in [-0.3, -0.25) is 9.59 Å². The molecule has 0 spiro atoms. The molecule has 160 valence electrons. The molecule has 3 rings (SSSR count). The third-order valence-corrected chi connectivity index (χ3v) is 5.12. The van der Waals surface area contributed by atoms with Gasteiger partial charge in [0.1, 0.15) is 0 Å². The van der Waals surface area contributed by atoms with Gasteiger partial charge in [0.05, 0.1) is 38.5 Å². The first-order valence-corrected chi connectivity index (χ1v) is 10.1. The minimum Gasteiger partial charge on any atom is -0.493 e. The van der Waals surface area contributed by atoms with Crippen molar-refractivity contribution in [3.8, 4) is 11.5 Å². The lowest BCUT2D eigenvalue weighted by Crippen LogP contribution is -2.25. The third kappa shape index (κ3) is 5.00. The van der Waals surface area contributed by atoms with Crippen molar-refractivity contribution in [3.63, 3.8) is 0 Å². The van der Waals surface area contributed by atoms with Crippen molar-refractivity contribution in [3.05, 3.63) is 48.1 Å². The van der Waals surface area contributed by atoms with Crippen LogP contribution in [0.4, 0.5) is 5.69 Å². The molecule has 0 radical (unpaired) electrons. The van der Waals surface area contributed by atoms with E-state index >= 15 is 0 Å². The van der Waals surface area contributed by atoms with Gasteiger partial charge in [0.2, 0.25) is 5.91 Å². The molecule has 0 saturated heterocycles. The van der Waals surface area contributed by atoms with E-state index in [9.17, 15) is 9.59 Å². The fourth-order valence-corrected chi connectivity index (χ4v) is 3.40. The Hall–Kier alpha value is -3.29. The number of carbonyl (C=O) groups is 2. The number of methoxy groups -OCH3 is 2. The van der Waals surface area contributed by atoms with Gasteiger partial charge in [-0.25, -0.2) is 4.98 Å². The maximum Gasteiger partial charge on any atom is 0.251 e. The fraction of sp³-hybridized carbons (Fsp3) is 0.409. The Morgan fingerprint density at radius 3 is 2.70 bits per heavy atom. The van der Waals surface area contributed by atoms with Gasteiger partial charge in [-0.2, -0.15) is 0 Å². The molecule has 8 heteroatoms. The van der Waals surface area contributed by atoms with Crippen LogP contribution in [0.5, 0.6) is 11.5 Å². The summed E-state index contributed by atoms with van der Waals surface area (Å²) < 4.78 is 12.8. The molecule has 0 fully saturated rings. The Balaban J connectivity index is 1.78. The quantitative estimate of drug-likeness (QED) is 0.650. The topological polar surface area (TPSA) is 94.5 Å². The van der Waals surface area contributed by atoms with E-state index in [0.29, 0.717) is 35.7 Å². The number of ether oxygens (including phenoxy) is 2. The molecule has 1 aromatic heterocycles. The highest BCUT2D eigenvalue weighted by Crippen LogP contribution is 2.37. The number of anilines is 1. The van der Waals surface area contributed by atoms with E-state index in [1.54, 1.807) is 18.5 Å². The van der Waals surface area contributed by atoms with Crippen molar-refractivity contribution in [1.29, 1.82) is 0 Å². The number of rotatable bonds is 8. The lowest BCUT2D eigenvalue weighted by atomic mass is 9.93. The second-order valence-corrected chi connectivity index (χ2v) is 7.11. The van der Waals surface area contributed by atoms with Crippen LogP contribution in [0.1, 0.15) is 42.2 Å². The molecule has 2 amide bonds. The van der Waals surface area contributed by atoms with E-state index in [2.05, 4.69) is 21.7 Å². The zero-order valence-corrected chi connectivity index (χ0v) is 17.6. The number of allylic oxidation sites excluding steroid dienone is 2. The van der Waals surface area contributed by atoms with Crippen LogP contribution in [0.15, 0.2) is 36.8 Å². The van der Waals surface area contributed by atoms with Gasteiger partial charge in [-0.05, 0) is 38.3 Å². The number of aromatic nitrogens is 2. The van der Waals surface area contributed by atoms with Gasteiger partial charge in [-0.15, -0.1) is 0 Å². The third-order valence-electron chi connectivity index (χ3n) is 5.12. The second-order valence-electron chi connectivity index (χ2n) is 7.11. The fourth-order valence-electron chi connectivity index (χ4n) is 3.40. The maximum absolute atomic E-state index is 12.7. The van der Waals surface area contributed by atoms with Crippen LogP contribution in [-0.2, 0) is 17.9 Å². The summed E-state index contributed by atoms with van der Waals surface area (Å²) in [6.45, 7) is 3.14. The van der Waals surface area contributed by atoms with Crippen molar-refractivity contribution in [2.45, 2.75) is 39.3 Å². The molecular weight excluding hydrogens is 384 g/mol. The highest BCUT2D eigenvalue weighted by atomic mass is 16.5. The van der Waals surface area contributed by atoms with Crippen LogP contribution < -0.4 is 20.1 Å². The monoisotopic (exact) mass is 412 g/mol. The molecule has 1 aromatic carbocycles. The number of carbonyl (C=O) groups excluding carboxylic acids is 2. The Kier molecular flexibility index (Phi) is 7.11.